The van der Waals surface area contributed by atoms with Gasteiger partial charge in [-0.2, -0.15) is 0 Å². The quantitative estimate of drug-likeness (QED) is 0.179. The monoisotopic (exact) mass is 480 g/mol. The van der Waals surface area contributed by atoms with E-state index in [1.165, 1.54) is 61.7 Å². The zero-order chi connectivity index (χ0) is 24.6. The summed E-state index contributed by atoms with van der Waals surface area (Å²) in [5, 5.41) is 32.5. The first kappa shape index (κ1) is 22.8. The molecule has 1 fully saturated rings. The maximum absolute atomic E-state index is 13.1. The average Bonchev–Trinajstić information content (AvgIpc) is 3.09. The van der Waals surface area contributed by atoms with Crippen LogP contribution in [-0.2, 0) is 9.59 Å². The summed E-state index contributed by atoms with van der Waals surface area (Å²) in [6.45, 7) is 0. The van der Waals surface area contributed by atoms with E-state index in [2.05, 4.69) is 0 Å². The van der Waals surface area contributed by atoms with Crippen LogP contribution in [0.4, 0.5) is 11.4 Å². The van der Waals surface area contributed by atoms with Crippen molar-refractivity contribution < 1.29 is 29.5 Å². The van der Waals surface area contributed by atoms with Gasteiger partial charge in [-0.25, -0.2) is 0 Å². The number of phenols is 1. The lowest BCUT2D eigenvalue weighted by molar-refractivity contribution is -0.384. The van der Waals surface area contributed by atoms with E-state index in [4.69, 9.17) is 16.3 Å². The third-order valence-corrected chi connectivity index (χ3v) is 5.67. The first-order chi connectivity index (χ1) is 16.2. The van der Waals surface area contributed by atoms with Crippen LogP contribution in [0, 0.1) is 10.1 Å². The minimum Gasteiger partial charge on any atom is -0.508 e. The highest BCUT2D eigenvalue weighted by molar-refractivity contribution is 6.51. The van der Waals surface area contributed by atoms with Gasteiger partial charge in [0.2, 0.25) is 0 Å². The number of hydrogen-bond acceptors (Lipinski definition) is 7. The molecule has 1 aliphatic heterocycles. The Hall–Kier alpha value is -4.37. The number of aromatic hydroxyl groups is 1. The molecule has 1 aliphatic rings. The lowest BCUT2D eigenvalue weighted by Gasteiger charge is -2.26. The van der Waals surface area contributed by atoms with Gasteiger partial charge >= 0.3 is 0 Å². The summed E-state index contributed by atoms with van der Waals surface area (Å²) in [7, 11) is 1.43. The van der Waals surface area contributed by atoms with Crippen LogP contribution in [0.3, 0.4) is 0 Å². The number of aliphatic hydroxyl groups is 1. The number of ether oxygens (including phenoxy) is 1. The number of phenolic OH excluding ortho intramolecular Hbond substituents is 1. The van der Waals surface area contributed by atoms with Crippen molar-refractivity contribution in [3.63, 3.8) is 0 Å². The summed E-state index contributed by atoms with van der Waals surface area (Å²) >= 11 is 6.24. The van der Waals surface area contributed by atoms with E-state index < -0.39 is 28.4 Å². The highest BCUT2D eigenvalue weighted by atomic mass is 35.5. The molecule has 1 heterocycles. The molecule has 0 aromatic heterocycles. The molecule has 9 nitrogen and oxygen atoms in total. The maximum Gasteiger partial charge on any atom is 0.300 e. The van der Waals surface area contributed by atoms with E-state index in [0.29, 0.717) is 11.3 Å². The molecule has 1 unspecified atom stereocenters. The number of halogens is 1. The largest absolute Gasteiger partial charge is 0.508 e. The first-order valence-corrected chi connectivity index (χ1v) is 10.3. The molecule has 0 saturated carbocycles. The highest BCUT2D eigenvalue weighted by Gasteiger charge is 2.47. The number of nitro groups is 1. The number of benzene rings is 3. The summed E-state index contributed by atoms with van der Waals surface area (Å²) in [6.07, 6.45) is 0. The van der Waals surface area contributed by atoms with Crippen LogP contribution < -0.4 is 9.64 Å². The van der Waals surface area contributed by atoms with E-state index in [0.717, 1.165) is 11.0 Å². The number of anilines is 1. The standard InChI is InChI=1S/C24H17ClN2O7/c1-34-19-9-8-15(12-18(19)25)26-21(13-4-3-7-17(28)11-13)20(23(30)24(26)31)22(29)14-5-2-6-16(10-14)27(32)33/h2-12,21,28-29H,1H3/b22-20+. The smallest absolute Gasteiger partial charge is 0.300 e. The van der Waals surface area contributed by atoms with E-state index in [1.54, 1.807) is 6.07 Å². The fourth-order valence-corrected chi connectivity index (χ4v) is 4.09. The summed E-state index contributed by atoms with van der Waals surface area (Å²) in [5.74, 6) is -2.29. The molecule has 172 valence electrons. The number of Topliss-reactive ketones (excluding diaryl/α,β-unsaturated/α-hetero) is 1. The van der Waals surface area contributed by atoms with E-state index >= 15 is 0 Å². The minimum atomic E-state index is -1.14. The molecule has 0 aliphatic carbocycles. The Balaban J connectivity index is 1.96. The second-order valence-electron chi connectivity index (χ2n) is 7.39. The third kappa shape index (κ3) is 3.93. The van der Waals surface area contributed by atoms with E-state index in [-0.39, 0.29) is 33.3 Å². The van der Waals surface area contributed by atoms with Crippen LogP contribution in [0.25, 0.3) is 5.76 Å². The normalized spacial score (nSPS) is 17.1. The number of carbonyl (C=O) groups excluding carboxylic acids is 2. The number of methoxy groups -OCH3 is 1. The van der Waals surface area contributed by atoms with Gasteiger partial charge in [0, 0.05) is 23.4 Å². The van der Waals surface area contributed by atoms with Crippen LogP contribution in [0.15, 0.2) is 72.3 Å². The van der Waals surface area contributed by atoms with Crippen molar-refractivity contribution in [1.82, 2.24) is 0 Å². The van der Waals surface area contributed by atoms with Crippen LogP contribution >= 0.6 is 11.6 Å². The topological polar surface area (TPSA) is 130 Å². The molecule has 2 N–H and O–H groups in total. The zero-order valence-corrected chi connectivity index (χ0v) is 18.4. The molecule has 34 heavy (non-hydrogen) atoms. The molecule has 4 rings (SSSR count). The summed E-state index contributed by atoms with van der Waals surface area (Å²) in [4.78, 5) is 38.0. The molecule has 1 amide bonds. The Morgan fingerprint density at radius 3 is 2.47 bits per heavy atom. The summed E-state index contributed by atoms with van der Waals surface area (Å²) < 4.78 is 5.15. The Morgan fingerprint density at radius 1 is 1.09 bits per heavy atom. The second-order valence-corrected chi connectivity index (χ2v) is 7.80. The number of rotatable bonds is 5. The van der Waals surface area contributed by atoms with Crippen molar-refractivity contribution in [2.75, 3.05) is 12.0 Å². The van der Waals surface area contributed by atoms with Gasteiger partial charge in [0.25, 0.3) is 17.4 Å². The van der Waals surface area contributed by atoms with Gasteiger partial charge < -0.3 is 14.9 Å². The number of nitrogens with zero attached hydrogens (tertiary/aromatic N) is 2. The van der Waals surface area contributed by atoms with Crippen LogP contribution in [-0.4, -0.2) is 33.9 Å². The van der Waals surface area contributed by atoms with Crippen molar-refractivity contribution in [1.29, 1.82) is 0 Å². The number of ketones is 1. The highest BCUT2D eigenvalue weighted by Crippen LogP contribution is 2.44. The van der Waals surface area contributed by atoms with Gasteiger partial charge in [-0.05, 0) is 35.9 Å². The van der Waals surface area contributed by atoms with Crippen molar-refractivity contribution >= 4 is 40.4 Å². The number of nitro benzene ring substituents is 1. The fourth-order valence-electron chi connectivity index (χ4n) is 3.84. The molecular weight excluding hydrogens is 464 g/mol. The average molecular weight is 481 g/mol. The fraction of sp³-hybridized carbons (Fsp3) is 0.0833. The Kier molecular flexibility index (Phi) is 5.95. The number of non-ortho nitro benzene ring substituents is 1. The molecule has 3 aromatic carbocycles. The lowest BCUT2D eigenvalue weighted by atomic mass is 9.95. The molecule has 1 atom stereocenters. The van der Waals surface area contributed by atoms with Gasteiger partial charge in [-0.1, -0.05) is 35.9 Å². The Labute approximate surface area is 198 Å². The Morgan fingerprint density at radius 2 is 1.82 bits per heavy atom. The predicted octanol–water partition coefficient (Wildman–Crippen LogP) is 4.59. The molecule has 10 heteroatoms. The van der Waals surface area contributed by atoms with Crippen LogP contribution in [0.2, 0.25) is 5.02 Å². The van der Waals surface area contributed by atoms with Crippen molar-refractivity contribution in [3.05, 3.63) is 98.6 Å². The van der Waals surface area contributed by atoms with Crippen molar-refractivity contribution in [2.45, 2.75) is 6.04 Å². The summed E-state index contributed by atoms with van der Waals surface area (Å²) in [6, 6.07) is 14.3. The minimum absolute atomic E-state index is 0.00915. The summed E-state index contributed by atoms with van der Waals surface area (Å²) in [5.41, 5.74) is -0.0141. The van der Waals surface area contributed by atoms with Gasteiger partial charge in [-0.15, -0.1) is 0 Å². The SMILES string of the molecule is COc1ccc(N2C(=O)C(=O)/C(=C(/O)c3cccc([N+](=O)[O-])c3)C2c2cccc(O)c2)cc1Cl. The molecular formula is C24H17ClN2O7. The number of amides is 1. The van der Waals surface area contributed by atoms with E-state index in [9.17, 15) is 29.9 Å². The van der Waals surface area contributed by atoms with Crippen molar-refractivity contribution in [3.8, 4) is 11.5 Å². The number of hydrogen-bond donors (Lipinski definition) is 2. The second kappa shape index (κ2) is 8.87. The van der Waals surface area contributed by atoms with Gasteiger partial charge in [-0.3, -0.25) is 24.6 Å². The molecule has 0 radical (unpaired) electrons. The van der Waals surface area contributed by atoms with Gasteiger partial charge in [0.15, 0.2) is 0 Å². The zero-order valence-electron chi connectivity index (χ0n) is 17.6. The van der Waals surface area contributed by atoms with E-state index in [1.807, 2.05) is 0 Å². The molecule has 0 spiro atoms. The maximum atomic E-state index is 13.1. The van der Waals surface area contributed by atoms with Gasteiger partial charge in [0.05, 0.1) is 28.7 Å². The van der Waals surface area contributed by atoms with Crippen molar-refractivity contribution in [2.24, 2.45) is 0 Å². The van der Waals surface area contributed by atoms with Crippen LogP contribution in [0.1, 0.15) is 17.2 Å². The third-order valence-electron chi connectivity index (χ3n) is 5.37. The van der Waals surface area contributed by atoms with Gasteiger partial charge in [0.1, 0.15) is 17.3 Å². The predicted molar refractivity (Wildman–Crippen MR) is 124 cm³/mol. The first-order valence-electron chi connectivity index (χ1n) is 9.91. The molecule has 3 aromatic rings. The molecule has 0 bridgehead atoms. The number of aliphatic hydroxyl groups excluding tert-OH is 1. The lowest BCUT2D eigenvalue weighted by Crippen LogP contribution is -2.29. The Bertz CT molecular complexity index is 1370. The number of carbonyl (C=O) groups is 2. The van der Waals surface area contributed by atoms with Crippen LogP contribution in [0.5, 0.6) is 11.5 Å². The molecule has 1 saturated heterocycles.